The molecule has 0 fully saturated rings. The lowest BCUT2D eigenvalue weighted by molar-refractivity contribution is -0.385. The van der Waals surface area contributed by atoms with E-state index in [1.54, 1.807) is 13.8 Å². The van der Waals surface area contributed by atoms with Gasteiger partial charge in [-0.1, -0.05) is 37.9 Å². The van der Waals surface area contributed by atoms with E-state index in [0.29, 0.717) is 6.42 Å². The zero-order valence-electron chi connectivity index (χ0n) is 13.6. The van der Waals surface area contributed by atoms with E-state index in [0.717, 1.165) is 6.07 Å². The first-order valence-electron chi connectivity index (χ1n) is 7.42. The molecule has 2 amide bonds. The van der Waals surface area contributed by atoms with Crippen molar-refractivity contribution in [3.05, 3.63) is 38.9 Å². The van der Waals surface area contributed by atoms with Crippen molar-refractivity contribution in [1.82, 2.24) is 10.6 Å². The molecule has 25 heavy (non-hydrogen) atoms. The van der Waals surface area contributed by atoms with Crippen molar-refractivity contribution in [1.29, 1.82) is 0 Å². The molecule has 0 bridgehead atoms. The molecule has 9 nitrogen and oxygen atoms in total. The number of hydrogen-bond acceptors (Lipinski definition) is 5. The number of nitro groups is 1. The summed E-state index contributed by atoms with van der Waals surface area (Å²) in [6.07, 6.45) is 0.537. The molecule has 2 atom stereocenters. The topological polar surface area (TPSA) is 139 Å². The minimum absolute atomic E-state index is 0.130. The van der Waals surface area contributed by atoms with Gasteiger partial charge in [0, 0.05) is 6.07 Å². The quantitative estimate of drug-likeness (QED) is 0.468. The van der Waals surface area contributed by atoms with Crippen molar-refractivity contribution < 1.29 is 24.4 Å². The summed E-state index contributed by atoms with van der Waals surface area (Å²) in [4.78, 5) is 45.3. The third-order valence-corrected chi connectivity index (χ3v) is 3.94. The molecule has 10 heteroatoms. The second-order valence-corrected chi connectivity index (χ2v) is 5.75. The van der Waals surface area contributed by atoms with Crippen LogP contribution in [0.15, 0.2) is 18.2 Å². The summed E-state index contributed by atoms with van der Waals surface area (Å²) >= 11 is 5.83. The van der Waals surface area contributed by atoms with E-state index in [4.69, 9.17) is 16.7 Å². The predicted molar refractivity (Wildman–Crippen MR) is 89.5 cm³/mol. The highest BCUT2D eigenvalue weighted by molar-refractivity contribution is 6.34. The first-order chi connectivity index (χ1) is 11.7. The lowest BCUT2D eigenvalue weighted by Crippen LogP contribution is -2.48. The van der Waals surface area contributed by atoms with Crippen LogP contribution in [0.5, 0.6) is 0 Å². The van der Waals surface area contributed by atoms with Gasteiger partial charge < -0.3 is 15.7 Å². The summed E-state index contributed by atoms with van der Waals surface area (Å²) in [6, 6.07) is 2.66. The highest BCUT2D eigenvalue weighted by Gasteiger charge is 2.27. The number of nitrogens with one attached hydrogen (secondary N) is 2. The number of carboxylic acids is 1. The number of carbonyl (C=O) groups excluding carboxylic acids is 2. The highest BCUT2D eigenvalue weighted by Crippen LogP contribution is 2.25. The first-order valence-corrected chi connectivity index (χ1v) is 7.80. The number of hydrogen-bond donors (Lipinski definition) is 3. The van der Waals surface area contributed by atoms with E-state index in [1.165, 1.54) is 12.1 Å². The fourth-order valence-corrected chi connectivity index (χ4v) is 2.30. The molecular formula is C15H18ClN3O6. The number of rotatable bonds is 8. The Labute approximate surface area is 148 Å². The molecule has 136 valence electrons. The van der Waals surface area contributed by atoms with Crippen LogP contribution < -0.4 is 10.6 Å². The lowest BCUT2D eigenvalue weighted by atomic mass is 9.99. The normalized spacial score (nSPS) is 12.8. The summed E-state index contributed by atoms with van der Waals surface area (Å²) in [5.74, 6) is -3.11. The van der Waals surface area contributed by atoms with Gasteiger partial charge in [0.25, 0.3) is 11.6 Å². The molecule has 1 aromatic rings. The smallest absolute Gasteiger partial charge is 0.326 e. The zero-order chi connectivity index (χ0) is 19.1. The molecule has 1 rings (SSSR count). The number of nitro benzene ring substituents is 1. The van der Waals surface area contributed by atoms with Crippen molar-refractivity contribution in [3.63, 3.8) is 0 Å². The Morgan fingerprint density at radius 3 is 2.52 bits per heavy atom. The molecule has 0 aliphatic carbocycles. The maximum absolute atomic E-state index is 12.1. The van der Waals surface area contributed by atoms with Gasteiger partial charge in [-0.25, -0.2) is 4.79 Å². The van der Waals surface area contributed by atoms with Crippen LogP contribution in [0.3, 0.4) is 0 Å². The number of nitrogens with zero attached hydrogens (tertiary/aromatic N) is 1. The van der Waals surface area contributed by atoms with Gasteiger partial charge in [0.1, 0.15) is 11.6 Å². The van der Waals surface area contributed by atoms with Crippen molar-refractivity contribution in [2.75, 3.05) is 6.54 Å². The second-order valence-electron chi connectivity index (χ2n) is 5.34. The van der Waals surface area contributed by atoms with Crippen LogP contribution in [-0.4, -0.2) is 40.4 Å². The van der Waals surface area contributed by atoms with E-state index >= 15 is 0 Å². The monoisotopic (exact) mass is 371 g/mol. The standard InChI is InChI=1S/C15H18ClN3O6/c1-3-8(2)13(15(22)23)18-11(20)7-17-14(21)12-9(16)5-4-6-10(12)19(24)25/h4-6,8,13H,3,7H2,1-2H3,(H,17,21)(H,18,20)(H,22,23). The second kappa shape index (κ2) is 8.97. The molecule has 0 aliphatic rings. The predicted octanol–water partition coefficient (Wildman–Crippen LogP) is 1.59. The molecule has 0 saturated heterocycles. The molecule has 0 radical (unpaired) electrons. The van der Waals surface area contributed by atoms with Crippen LogP contribution in [0, 0.1) is 16.0 Å². The summed E-state index contributed by atoms with van der Waals surface area (Å²) in [6.45, 7) is 2.91. The Morgan fingerprint density at radius 2 is 2.00 bits per heavy atom. The Hall–Kier alpha value is -2.68. The summed E-state index contributed by atoms with van der Waals surface area (Å²) < 4.78 is 0. The van der Waals surface area contributed by atoms with Crippen molar-refractivity contribution in [2.45, 2.75) is 26.3 Å². The van der Waals surface area contributed by atoms with Crippen LogP contribution >= 0.6 is 11.6 Å². The molecule has 2 unspecified atom stereocenters. The first kappa shape index (κ1) is 20.4. The van der Waals surface area contributed by atoms with Gasteiger partial charge in [-0.3, -0.25) is 19.7 Å². The number of benzene rings is 1. The lowest BCUT2D eigenvalue weighted by Gasteiger charge is -2.20. The zero-order valence-corrected chi connectivity index (χ0v) is 14.4. The number of carboxylic acid groups (broad SMARTS) is 1. The summed E-state index contributed by atoms with van der Waals surface area (Å²) in [7, 11) is 0. The average molecular weight is 372 g/mol. The Bertz CT molecular complexity index is 694. The van der Waals surface area contributed by atoms with Crippen LogP contribution in [-0.2, 0) is 9.59 Å². The van der Waals surface area contributed by atoms with E-state index in [9.17, 15) is 24.5 Å². The summed E-state index contributed by atoms with van der Waals surface area (Å²) in [5.41, 5.74) is -0.855. The van der Waals surface area contributed by atoms with Gasteiger partial charge in [-0.05, 0) is 12.0 Å². The van der Waals surface area contributed by atoms with Crippen LogP contribution in [0.2, 0.25) is 5.02 Å². The number of halogens is 1. The van der Waals surface area contributed by atoms with Gasteiger partial charge in [0.15, 0.2) is 0 Å². The highest BCUT2D eigenvalue weighted by atomic mass is 35.5. The molecule has 0 aromatic heterocycles. The average Bonchev–Trinajstić information content (AvgIpc) is 2.56. The maximum atomic E-state index is 12.1. The fourth-order valence-electron chi connectivity index (χ4n) is 2.05. The fraction of sp³-hybridized carbons (Fsp3) is 0.400. The molecule has 0 aliphatic heterocycles. The summed E-state index contributed by atoms with van der Waals surface area (Å²) in [5, 5.41) is 24.5. The van der Waals surface area contributed by atoms with Gasteiger partial charge in [0.05, 0.1) is 16.5 Å². The molecule has 0 saturated carbocycles. The minimum Gasteiger partial charge on any atom is -0.480 e. The Kier molecular flexibility index (Phi) is 7.31. The van der Waals surface area contributed by atoms with Crippen LogP contribution in [0.4, 0.5) is 5.69 Å². The number of aliphatic carboxylic acids is 1. The molecule has 1 aromatic carbocycles. The Balaban J connectivity index is 2.79. The van der Waals surface area contributed by atoms with Crippen LogP contribution in [0.25, 0.3) is 0 Å². The minimum atomic E-state index is -1.18. The third-order valence-electron chi connectivity index (χ3n) is 3.62. The maximum Gasteiger partial charge on any atom is 0.326 e. The van der Waals surface area contributed by atoms with Crippen molar-refractivity contribution >= 4 is 35.1 Å². The van der Waals surface area contributed by atoms with Crippen molar-refractivity contribution in [2.24, 2.45) is 5.92 Å². The van der Waals surface area contributed by atoms with Gasteiger partial charge in [-0.2, -0.15) is 0 Å². The van der Waals surface area contributed by atoms with Gasteiger partial charge >= 0.3 is 5.97 Å². The van der Waals surface area contributed by atoms with E-state index in [-0.39, 0.29) is 16.5 Å². The third kappa shape index (κ3) is 5.42. The van der Waals surface area contributed by atoms with Crippen LogP contribution in [0.1, 0.15) is 30.6 Å². The molecule has 0 heterocycles. The Morgan fingerprint density at radius 1 is 1.36 bits per heavy atom. The van der Waals surface area contributed by atoms with Gasteiger partial charge in [0.2, 0.25) is 5.91 Å². The number of amides is 2. The van der Waals surface area contributed by atoms with E-state index < -0.39 is 41.0 Å². The van der Waals surface area contributed by atoms with E-state index in [2.05, 4.69) is 10.6 Å². The number of carbonyl (C=O) groups is 3. The molecular weight excluding hydrogens is 354 g/mol. The van der Waals surface area contributed by atoms with E-state index in [1.807, 2.05) is 0 Å². The van der Waals surface area contributed by atoms with Gasteiger partial charge in [-0.15, -0.1) is 0 Å². The van der Waals surface area contributed by atoms with Crippen molar-refractivity contribution in [3.8, 4) is 0 Å². The SMILES string of the molecule is CCC(C)C(NC(=O)CNC(=O)c1c(Cl)cccc1[N+](=O)[O-])C(=O)O. The molecule has 0 spiro atoms. The molecule has 3 N–H and O–H groups in total. The largest absolute Gasteiger partial charge is 0.480 e.